The summed E-state index contributed by atoms with van der Waals surface area (Å²) in [6, 6.07) is 5.12. The molecular formula is C48H44ClF10N7O8S2. The van der Waals surface area contributed by atoms with Crippen LogP contribution in [-0.2, 0) is 72.6 Å². The van der Waals surface area contributed by atoms with Crippen LogP contribution in [0.5, 0.6) is 0 Å². The number of carbonyl (C=O) groups excluding carboxylic acids is 2. The molecule has 0 saturated heterocycles. The molecule has 28 heteroatoms. The fourth-order valence-electron chi connectivity index (χ4n) is 9.46. The van der Waals surface area contributed by atoms with Crippen LogP contribution in [0.1, 0.15) is 92.3 Å². The highest BCUT2D eigenvalue weighted by atomic mass is 35.5. The van der Waals surface area contributed by atoms with Gasteiger partial charge >= 0.3 is 24.3 Å². The molecule has 3 N–H and O–H groups in total. The van der Waals surface area contributed by atoms with Gasteiger partial charge in [0, 0.05) is 58.4 Å². The van der Waals surface area contributed by atoms with Crippen molar-refractivity contribution in [2.45, 2.75) is 101 Å². The Kier molecular flexibility index (Phi) is 16.0. The molecule has 2 aromatic carbocycles. The number of hydrogen-bond donors (Lipinski definition) is 3. The van der Waals surface area contributed by atoms with E-state index in [1.54, 1.807) is 0 Å². The summed E-state index contributed by atoms with van der Waals surface area (Å²) >= 11 is 6.75. The van der Waals surface area contributed by atoms with Crippen LogP contribution in [0.4, 0.5) is 49.7 Å². The van der Waals surface area contributed by atoms with Gasteiger partial charge in [-0.15, -0.1) is 0 Å². The number of fused-ring (bicyclic) bond motifs is 2. The number of carboxylic acids is 2. The first-order chi connectivity index (χ1) is 35.2. The monoisotopic (exact) mass is 1140 g/mol. The van der Waals surface area contributed by atoms with Crippen molar-refractivity contribution >= 4 is 73.9 Å². The highest BCUT2D eigenvalue weighted by Crippen LogP contribution is 2.52. The van der Waals surface area contributed by atoms with Gasteiger partial charge in [0.05, 0.1) is 39.5 Å². The summed E-state index contributed by atoms with van der Waals surface area (Å²) in [4.78, 5) is 57.5. The molecule has 2 amide bonds. The molecule has 408 valence electrons. The first-order valence-corrected chi connectivity index (χ1v) is 26.2. The minimum atomic E-state index is -5.24. The fourth-order valence-corrected chi connectivity index (χ4v) is 10.7. The van der Waals surface area contributed by atoms with Gasteiger partial charge in [-0.1, -0.05) is 30.5 Å². The first-order valence-electron chi connectivity index (χ1n) is 22.7. The first kappa shape index (κ1) is 57.3. The second-order valence-electron chi connectivity index (χ2n) is 19.0. The summed E-state index contributed by atoms with van der Waals surface area (Å²) in [6.45, 7) is 0.883. The number of anilines is 1. The Morgan fingerprint density at radius 1 is 0.895 bits per heavy atom. The normalized spacial score (nSPS) is 19.8. The van der Waals surface area contributed by atoms with Gasteiger partial charge in [-0.3, -0.25) is 32.8 Å². The van der Waals surface area contributed by atoms with Gasteiger partial charge in [0.1, 0.15) is 51.8 Å². The molecule has 15 nitrogen and oxygen atoms in total. The molecule has 2 aliphatic rings. The fraction of sp³-hybridized carbons (Fsp3) is 0.438. The number of halogens is 11. The zero-order chi connectivity index (χ0) is 56.3. The molecule has 0 bridgehead atoms. The number of aromatic nitrogens is 5. The topological polar surface area (TPSA) is 207 Å². The minimum absolute atomic E-state index is 0.181. The number of aliphatic carboxylic acids is 2. The predicted octanol–water partition coefficient (Wildman–Crippen LogP) is 8.84. The van der Waals surface area contributed by atoms with E-state index in [1.165, 1.54) is 32.2 Å². The number of carbonyl (C=O) groups is 4. The summed E-state index contributed by atoms with van der Waals surface area (Å²) in [5, 5.41) is 28.7. The number of pyridine rings is 1. The van der Waals surface area contributed by atoms with Gasteiger partial charge in [0.25, 0.3) is 5.92 Å². The average Bonchev–Trinajstić information content (AvgIpc) is 3.94. The SMILES string of the molecule is C[C@H]1CC(F)(F)c2c1c(C(F)(F)F)nn2CC(=O)NC(Cc1cc(F)cc(F)c1)c1nc(C#CC(C)(C)S(C)=O)ccc1-c1ccc(Cl)c2c(N(C(=O)C3CC(C(=O)O)CC(C(=O)O)C3)S(C)=O)nn(CC(F)(F)F)c12. The van der Waals surface area contributed by atoms with E-state index >= 15 is 8.78 Å². The molecular weight excluding hydrogens is 1090 g/mol. The molecule has 3 heterocycles. The maximum atomic E-state index is 15.5. The van der Waals surface area contributed by atoms with Crippen molar-refractivity contribution in [3.8, 4) is 23.0 Å². The Hall–Kier alpha value is -6.40. The lowest BCUT2D eigenvalue weighted by atomic mass is 9.74. The lowest BCUT2D eigenvalue weighted by molar-refractivity contribution is -0.150. The highest BCUT2D eigenvalue weighted by Gasteiger charge is 2.53. The molecule has 2 aliphatic carbocycles. The van der Waals surface area contributed by atoms with Crippen molar-refractivity contribution in [1.82, 2.24) is 29.9 Å². The molecule has 0 radical (unpaired) electrons. The zero-order valence-electron chi connectivity index (χ0n) is 40.4. The summed E-state index contributed by atoms with van der Waals surface area (Å²) in [6.07, 6.45) is -11.1. The van der Waals surface area contributed by atoms with Crippen molar-refractivity contribution < 1.29 is 81.7 Å². The van der Waals surface area contributed by atoms with Crippen LogP contribution in [-0.4, -0.2) is 90.4 Å². The maximum absolute atomic E-state index is 15.5. The third-order valence-electron chi connectivity index (χ3n) is 13.0. The Balaban J connectivity index is 1.47. The number of rotatable bonds is 14. The molecule has 3 aromatic heterocycles. The number of alkyl halides is 8. The van der Waals surface area contributed by atoms with Gasteiger partial charge < -0.3 is 15.5 Å². The Bertz CT molecular complexity index is 3260. The molecule has 0 aliphatic heterocycles. The second kappa shape index (κ2) is 21.2. The number of hydrogen-bond acceptors (Lipinski definition) is 9. The summed E-state index contributed by atoms with van der Waals surface area (Å²) in [5.41, 5.74) is -5.63. The molecule has 0 spiro atoms. The summed E-state index contributed by atoms with van der Waals surface area (Å²) < 4.78 is 174. The number of amides is 2. The van der Waals surface area contributed by atoms with Crippen molar-refractivity contribution in [3.63, 3.8) is 0 Å². The molecule has 76 heavy (non-hydrogen) atoms. The van der Waals surface area contributed by atoms with Crippen LogP contribution >= 0.6 is 11.6 Å². The van der Waals surface area contributed by atoms with Crippen molar-refractivity contribution in [3.05, 3.63) is 93.0 Å². The third kappa shape index (κ3) is 12.1. The number of nitrogens with one attached hydrogen (secondary N) is 1. The van der Waals surface area contributed by atoms with E-state index in [0.717, 1.165) is 37.4 Å². The van der Waals surface area contributed by atoms with Crippen LogP contribution in [0.25, 0.3) is 22.0 Å². The molecule has 6 atom stereocenters. The van der Waals surface area contributed by atoms with Crippen LogP contribution < -0.4 is 9.62 Å². The zero-order valence-corrected chi connectivity index (χ0v) is 42.8. The van der Waals surface area contributed by atoms with Crippen molar-refractivity contribution in [1.29, 1.82) is 0 Å². The molecule has 5 aromatic rings. The second-order valence-corrected chi connectivity index (χ2v) is 22.5. The van der Waals surface area contributed by atoms with E-state index in [-0.39, 0.29) is 33.5 Å². The number of carboxylic acid groups (broad SMARTS) is 2. The largest absolute Gasteiger partial charge is 0.481 e. The van der Waals surface area contributed by atoms with Crippen molar-refractivity contribution in [2.24, 2.45) is 17.8 Å². The van der Waals surface area contributed by atoms with E-state index in [9.17, 15) is 72.9 Å². The lowest BCUT2D eigenvalue weighted by Crippen LogP contribution is -2.43. The number of nitrogens with zero attached hydrogens (tertiary/aromatic N) is 6. The standard InChI is InChI=1S/C48H44ClF10N7O8S2/c1-22-19-46(52,53)40-35(22)39(48(57,58)59)62-64(40)20-34(67)61-33(14-23-12-27(50)18-28(51)13-23)37-30(7-6-29(60-37)10-11-45(2,3)75(4)73)31-8-9-32(49)36-38(31)65(21-47(54,55)56)63-41(36)66(76(5)74)42(68)24-15-25(43(69)70)17-26(16-24)44(71)72/h6-9,12-13,18,22,24-26,33H,14-17,19-21H2,1-5H3,(H,61,67)(H,69,70)(H,71,72)/t22-,24?,25?,26?,33?,75?,76?/m0/s1. The average molecular weight is 1140 g/mol. The smallest absolute Gasteiger partial charge is 0.435 e. The predicted molar refractivity (Wildman–Crippen MR) is 255 cm³/mol. The van der Waals surface area contributed by atoms with E-state index in [0.29, 0.717) is 15.1 Å². The molecule has 7 rings (SSSR count). The minimum Gasteiger partial charge on any atom is -0.481 e. The lowest BCUT2D eigenvalue weighted by Gasteiger charge is -2.32. The maximum Gasteiger partial charge on any atom is 0.435 e. The van der Waals surface area contributed by atoms with Gasteiger partial charge in [-0.2, -0.15) is 45.3 Å². The van der Waals surface area contributed by atoms with E-state index in [4.69, 9.17) is 11.6 Å². The summed E-state index contributed by atoms with van der Waals surface area (Å²) in [7, 11) is -4.14. The van der Waals surface area contributed by atoms with E-state index in [2.05, 4.69) is 32.3 Å². The Morgan fingerprint density at radius 3 is 2.04 bits per heavy atom. The van der Waals surface area contributed by atoms with E-state index < -0.39 is 193 Å². The Labute approximate surface area is 435 Å². The van der Waals surface area contributed by atoms with Crippen LogP contribution in [0.3, 0.4) is 0 Å². The van der Waals surface area contributed by atoms with Gasteiger partial charge in [0.15, 0.2) is 11.5 Å². The number of benzene rings is 2. The van der Waals surface area contributed by atoms with Crippen molar-refractivity contribution in [2.75, 3.05) is 16.8 Å². The summed E-state index contributed by atoms with van der Waals surface area (Å²) in [5.74, 6) is -12.4. The van der Waals surface area contributed by atoms with Gasteiger partial charge in [-0.05, 0) is 87.3 Å². The quantitative estimate of drug-likeness (QED) is 0.0707. The Morgan fingerprint density at radius 2 is 1.49 bits per heavy atom. The van der Waals surface area contributed by atoms with Gasteiger partial charge in [0.2, 0.25) is 11.8 Å². The third-order valence-corrected chi connectivity index (χ3v) is 15.7. The molecule has 5 unspecified atom stereocenters. The van der Waals surface area contributed by atoms with Crippen LogP contribution in [0.15, 0.2) is 42.5 Å². The van der Waals surface area contributed by atoms with Gasteiger partial charge in [-0.25, -0.2) is 22.3 Å². The molecule has 1 saturated carbocycles. The highest BCUT2D eigenvalue weighted by molar-refractivity contribution is 7.86. The van der Waals surface area contributed by atoms with Crippen LogP contribution in [0.2, 0.25) is 5.02 Å². The van der Waals surface area contributed by atoms with E-state index in [1.807, 2.05) is 0 Å². The van der Waals surface area contributed by atoms with Crippen LogP contribution in [0, 0.1) is 41.2 Å². The molecule has 1 fully saturated rings.